The van der Waals surface area contributed by atoms with E-state index >= 15 is 0 Å². The second-order valence-electron chi connectivity index (χ2n) is 13.6. The molecule has 0 saturated heterocycles. The van der Waals surface area contributed by atoms with Crippen LogP contribution in [0.15, 0.2) is 171 Å². The second-order valence-corrected chi connectivity index (χ2v) is 13.6. The molecule has 1 spiro atoms. The average molecular weight is 619 g/mol. The molecule has 0 aromatic heterocycles. The Labute approximate surface area is 285 Å². The normalized spacial score (nSPS) is 14.4. The molecule has 0 bridgehead atoms. The van der Waals surface area contributed by atoms with E-state index in [-0.39, 0.29) is 0 Å². The standard InChI is InChI=1S/C49H30/c1-3-33-34(4-2)41-25-24-35(40-17-11-16-39(33)47(40)41)31-21-20-30-27-43-42-23-22-29-12-5-6-13-36(29)48(42)49(46(43)28-32(30)26-31)44-18-9-7-14-37(44)38-15-8-10-19-45(38)49/h3-28H,1-2H2. The third-order valence-electron chi connectivity index (χ3n) is 11.6. The van der Waals surface area contributed by atoms with Crippen LogP contribution in [0.3, 0.4) is 0 Å². The SMILES string of the molecule is C=CC1=C(C=C)c2ccc(-c3ccc4cc5c(cc4c3)C3(c4ccccc4-c4ccccc43)c3c-5ccc4ccccc34)c3cccc1c23. The fourth-order valence-electron chi connectivity index (χ4n) is 9.66. The third-order valence-corrected chi connectivity index (χ3v) is 11.6. The molecule has 8 aromatic rings. The van der Waals surface area contributed by atoms with Gasteiger partial charge in [0, 0.05) is 0 Å². The molecule has 49 heavy (non-hydrogen) atoms. The lowest BCUT2D eigenvalue weighted by Gasteiger charge is -2.31. The Hall–Kier alpha value is -6.24. The smallest absolute Gasteiger partial charge is 0.0731 e. The molecule has 0 atom stereocenters. The summed E-state index contributed by atoms with van der Waals surface area (Å²) >= 11 is 0. The maximum Gasteiger partial charge on any atom is 0.0731 e. The van der Waals surface area contributed by atoms with E-state index in [2.05, 4.69) is 159 Å². The van der Waals surface area contributed by atoms with Crippen LogP contribution in [-0.4, -0.2) is 0 Å². The monoisotopic (exact) mass is 618 g/mol. The number of rotatable bonds is 3. The van der Waals surface area contributed by atoms with Crippen LogP contribution in [0.25, 0.3) is 76.8 Å². The quantitative estimate of drug-likeness (QED) is 0.185. The minimum absolute atomic E-state index is 0.404. The van der Waals surface area contributed by atoms with Crippen LogP contribution in [0.4, 0.5) is 0 Å². The largest absolute Gasteiger partial charge is 0.0984 e. The van der Waals surface area contributed by atoms with Crippen LogP contribution in [0, 0.1) is 0 Å². The summed E-state index contributed by atoms with van der Waals surface area (Å²) in [4.78, 5) is 0. The molecular formula is C49H30. The van der Waals surface area contributed by atoms with Crippen molar-refractivity contribution in [3.8, 4) is 33.4 Å². The molecule has 11 rings (SSSR count). The zero-order valence-corrected chi connectivity index (χ0v) is 26.9. The van der Waals surface area contributed by atoms with Crippen LogP contribution in [0.1, 0.15) is 33.4 Å². The molecular weight excluding hydrogens is 589 g/mol. The van der Waals surface area contributed by atoms with E-state index in [1.165, 1.54) is 99.1 Å². The first-order valence-electron chi connectivity index (χ1n) is 17.1. The third kappa shape index (κ3) is 3.19. The van der Waals surface area contributed by atoms with Crippen molar-refractivity contribution in [2.24, 2.45) is 0 Å². The van der Waals surface area contributed by atoms with Crippen molar-refractivity contribution in [1.29, 1.82) is 0 Å². The van der Waals surface area contributed by atoms with Crippen LogP contribution in [-0.2, 0) is 5.41 Å². The number of benzene rings is 8. The summed E-state index contributed by atoms with van der Waals surface area (Å²) in [5.74, 6) is 0. The highest BCUT2D eigenvalue weighted by molar-refractivity contribution is 6.20. The molecule has 0 nitrogen and oxygen atoms in total. The maximum absolute atomic E-state index is 4.14. The van der Waals surface area contributed by atoms with Gasteiger partial charge in [0.25, 0.3) is 0 Å². The predicted octanol–water partition coefficient (Wildman–Crippen LogP) is 12.8. The van der Waals surface area contributed by atoms with Crippen LogP contribution in [0.5, 0.6) is 0 Å². The van der Waals surface area contributed by atoms with Crippen LogP contribution >= 0.6 is 0 Å². The lowest BCUT2D eigenvalue weighted by atomic mass is 9.69. The minimum atomic E-state index is -0.404. The Balaban J connectivity index is 1.21. The zero-order valence-electron chi connectivity index (χ0n) is 26.9. The molecule has 226 valence electrons. The highest BCUT2D eigenvalue weighted by Gasteiger charge is 2.52. The van der Waals surface area contributed by atoms with Crippen molar-refractivity contribution < 1.29 is 0 Å². The fraction of sp³-hybridized carbons (Fsp3) is 0.0204. The molecule has 3 aliphatic carbocycles. The fourth-order valence-corrected chi connectivity index (χ4v) is 9.66. The molecule has 0 heterocycles. The number of hydrogen-bond acceptors (Lipinski definition) is 0. The zero-order chi connectivity index (χ0) is 32.4. The summed E-state index contributed by atoms with van der Waals surface area (Å²) in [6.07, 6.45) is 3.94. The molecule has 0 radical (unpaired) electrons. The molecule has 0 aliphatic heterocycles. The first kappa shape index (κ1) is 26.8. The Kier molecular flexibility index (Phi) is 5.16. The topological polar surface area (TPSA) is 0 Å². The van der Waals surface area contributed by atoms with E-state index in [9.17, 15) is 0 Å². The summed E-state index contributed by atoms with van der Waals surface area (Å²) in [6.45, 7) is 8.28. The van der Waals surface area contributed by atoms with Gasteiger partial charge in [-0.25, -0.2) is 0 Å². The lowest BCUT2D eigenvalue weighted by molar-refractivity contribution is 0.802. The number of allylic oxidation sites excluding steroid dienone is 4. The van der Waals surface area contributed by atoms with E-state index in [1.54, 1.807) is 0 Å². The van der Waals surface area contributed by atoms with Crippen molar-refractivity contribution in [3.05, 3.63) is 204 Å². The van der Waals surface area contributed by atoms with Crippen LogP contribution in [0.2, 0.25) is 0 Å². The van der Waals surface area contributed by atoms with E-state index in [0.29, 0.717) is 0 Å². The van der Waals surface area contributed by atoms with Gasteiger partial charge in [0.05, 0.1) is 5.41 Å². The minimum Gasteiger partial charge on any atom is -0.0984 e. The summed E-state index contributed by atoms with van der Waals surface area (Å²) in [5, 5.41) is 7.68. The van der Waals surface area contributed by atoms with Gasteiger partial charge in [-0.15, -0.1) is 0 Å². The Morgan fingerprint density at radius 1 is 0.388 bits per heavy atom. The van der Waals surface area contributed by atoms with Gasteiger partial charge >= 0.3 is 0 Å². The van der Waals surface area contributed by atoms with Gasteiger partial charge in [0.2, 0.25) is 0 Å². The summed E-state index contributed by atoms with van der Waals surface area (Å²) < 4.78 is 0. The Bertz CT molecular complexity index is 2790. The van der Waals surface area contributed by atoms with Crippen molar-refractivity contribution in [2.75, 3.05) is 0 Å². The highest BCUT2D eigenvalue weighted by Crippen LogP contribution is 2.64. The van der Waals surface area contributed by atoms with Gasteiger partial charge in [-0.1, -0.05) is 153 Å². The molecule has 8 aromatic carbocycles. The molecule has 0 saturated carbocycles. The predicted molar refractivity (Wildman–Crippen MR) is 208 cm³/mol. The van der Waals surface area contributed by atoms with Gasteiger partial charge in [0.1, 0.15) is 0 Å². The molecule has 0 amide bonds. The summed E-state index contributed by atoms with van der Waals surface area (Å²) in [5.41, 5.74) is 17.7. The van der Waals surface area contributed by atoms with E-state index in [1.807, 2.05) is 12.2 Å². The first-order valence-corrected chi connectivity index (χ1v) is 17.1. The number of fused-ring (bicyclic) bond motifs is 13. The van der Waals surface area contributed by atoms with Gasteiger partial charge in [0.15, 0.2) is 0 Å². The van der Waals surface area contributed by atoms with Gasteiger partial charge in [-0.2, -0.15) is 0 Å². The van der Waals surface area contributed by atoms with Gasteiger partial charge < -0.3 is 0 Å². The molecule has 0 heteroatoms. The average Bonchev–Trinajstić information content (AvgIpc) is 3.75. The Morgan fingerprint density at radius 3 is 1.78 bits per heavy atom. The molecule has 0 unspecified atom stereocenters. The molecule has 0 fully saturated rings. The molecule has 3 aliphatic rings. The van der Waals surface area contributed by atoms with Crippen molar-refractivity contribution in [1.82, 2.24) is 0 Å². The van der Waals surface area contributed by atoms with E-state index in [0.717, 1.165) is 11.1 Å². The highest BCUT2D eigenvalue weighted by atomic mass is 14.5. The second kappa shape index (κ2) is 9.43. The van der Waals surface area contributed by atoms with Gasteiger partial charge in [-0.3, -0.25) is 0 Å². The lowest BCUT2D eigenvalue weighted by Crippen LogP contribution is -2.26. The van der Waals surface area contributed by atoms with Crippen molar-refractivity contribution >= 4 is 43.5 Å². The Morgan fingerprint density at radius 2 is 1.00 bits per heavy atom. The maximum atomic E-state index is 4.14. The summed E-state index contributed by atoms with van der Waals surface area (Å²) in [6, 6.07) is 55.0. The van der Waals surface area contributed by atoms with Crippen LogP contribution < -0.4 is 0 Å². The van der Waals surface area contributed by atoms with Crippen molar-refractivity contribution in [2.45, 2.75) is 5.41 Å². The molecule has 0 N–H and O–H groups in total. The van der Waals surface area contributed by atoms with Gasteiger partial charge in [-0.05, 0) is 128 Å². The van der Waals surface area contributed by atoms with E-state index < -0.39 is 5.41 Å². The van der Waals surface area contributed by atoms with E-state index in [4.69, 9.17) is 0 Å². The number of hydrogen-bond donors (Lipinski definition) is 0. The van der Waals surface area contributed by atoms with Crippen molar-refractivity contribution in [3.63, 3.8) is 0 Å². The summed E-state index contributed by atoms with van der Waals surface area (Å²) in [7, 11) is 0. The first-order chi connectivity index (χ1) is 24.2.